The molecule has 7 nitrogen and oxygen atoms in total. The smallest absolute Gasteiger partial charge is 0.216 e. The molecule has 0 unspecified atom stereocenters. The maximum atomic E-state index is 5.81. The quantitative estimate of drug-likeness (QED) is 0.212. The summed E-state index contributed by atoms with van der Waals surface area (Å²) in [5, 5.41) is 6.50. The average molecular weight is 502 g/mol. The second kappa shape index (κ2) is 14.4. The van der Waals surface area contributed by atoms with Crippen molar-refractivity contribution in [1.82, 2.24) is 15.6 Å². The van der Waals surface area contributed by atoms with Crippen LogP contribution in [0.3, 0.4) is 0 Å². The minimum absolute atomic E-state index is 0. The van der Waals surface area contributed by atoms with Gasteiger partial charge in [-0.15, -0.1) is 24.0 Å². The third kappa shape index (κ3) is 9.03. The van der Waals surface area contributed by atoms with Gasteiger partial charge in [0, 0.05) is 32.4 Å². The summed E-state index contributed by atoms with van der Waals surface area (Å²) in [5.74, 6) is 2.08. The molecule has 0 saturated heterocycles. The van der Waals surface area contributed by atoms with Crippen molar-refractivity contribution in [3.05, 3.63) is 41.9 Å². The first-order valence-electron chi connectivity index (χ1n) is 9.33. The first kappa shape index (κ1) is 24.4. The molecule has 0 saturated carbocycles. The highest BCUT2D eigenvalue weighted by atomic mass is 127. The number of nitrogens with one attached hydrogen (secondary N) is 2. The summed E-state index contributed by atoms with van der Waals surface area (Å²) in [4.78, 5) is 8.85. The van der Waals surface area contributed by atoms with Gasteiger partial charge in [0.25, 0.3) is 0 Å². The molecule has 1 aromatic heterocycles. The number of guanidine groups is 1. The number of nitrogens with zero attached hydrogens (tertiary/aromatic N) is 2. The maximum absolute atomic E-state index is 5.81. The summed E-state index contributed by atoms with van der Waals surface area (Å²) < 4.78 is 16.2. The van der Waals surface area contributed by atoms with E-state index < -0.39 is 0 Å². The molecule has 28 heavy (non-hydrogen) atoms. The Bertz CT molecular complexity index is 689. The number of ether oxygens (including phenoxy) is 2. The van der Waals surface area contributed by atoms with Crippen molar-refractivity contribution in [2.75, 3.05) is 40.0 Å². The third-order valence-corrected chi connectivity index (χ3v) is 3.80. The molecule has 8 heteroatoms. The minimum atomic E-state index is 0. The molecular formula is C20H31IN4O3. The Morgan fingerprint density at radius 1 is 1.14 bits per heavy atom. The predicted molar refractivity (Wildman–Crippen MR) is 122 cm³/mol. The molecule has 0 radical (unpaired) electrons. The van der Waals surface area contributed by atoms with E-state index in [0.29, 0.717) is 32.3 Å². The van der Waals surface area contributed by atoms with E-state index in [1.165, 1.54) is 5.56 Å². The van der Waals surface area contributed by atoms with Crippen LogP contribution in [0.5, 0.6) is 0 Å². The molecule has 0 aliphatic heterocycles. The van der Waals surface area contributed by atoms with Gasteiger partial charge in [0.05, 0.1) is 19.4 Å². The minimum Gasteiger partial charge on any atom is -0.439 e. The van der Waals surface area contributed by atoms with Crippen LogP contribution in [-0.2, 0) is 16.0 Å². The van der Waals surface area contributed by atoms with Gasteiger partial charge in [-0.3, -0.25) is 0 Å². The van der Waals surface area contributed by atoms with Gasteiger partial charge in [0.2, 0.25) is 5.89 Å². The molecule has 2 aromatic rings. The van der Waals surface area contributed by atoms with Crippen LogP contribution < -0.4 is 10.6 Å². The van der Waals surface area contributed by atoms with Crippen molar-refractivity contribution in [2.24, 2.45) is 4.99 Å². The summed E-state index contributed by atoms with van der Waals surface area (Å²) in [6.45, 7) is 7.98. The summed E-state index contributed by atoms with van der Waals surface area (Å²) in [6, 6.07) is 8.18. The van der Waals surface area contributed by atoms with Gasteiger partial charge in [0.15, 0.2) is 11.7 Å². The van der Waals surface area contributed by atoms with Crippen molar-refractivity contribution in [3.63, 3.8) is 0 Å². The summed E-state index contributed by atoms with van der Waals surface area (Å²) in [5.41, 5.74) is 2.23. The number of oxazole rings is 1. The molecule has 0 aliphatic rings. The van der Waals surface area contributed by atoms with E-state index in [0.717, 1.165) is 36.8 Å². The molecular weight excluding hydrogens is 471 g/mol. The van der Waals surface area contributed by atoms with E-state index in [2.05, 4.69) is 39.7 Å². The molecule has 1 aromatic carbocycles. The van der Waals surface area contributed by atoms with Gasteiger partial charge in [-0.05, 0) is 20.3 Å². The fraction of sp³-hybridized carbons (Fsp3) is 0.500. The van der Waals surface area contributed by atoms with Crippen LogP contribution in [0.1, 0.15) is 24.8 Å². The Morgan fingerprint density at radius 3 is 2.64 bits per heavy atom. The highest BCUT2D eigenvalue weighted by molar-refractivity contribution is 14.0. The fourth-order valence-electron chi connectivity index (χ4n) is 2.35. The predicted octanol–water partition coefficient (Wildman–Crippen LogP) is 3.38. The SMILES string of the molecule is CCNC(=NCc1ncc(-c2ccc(C)cc2)o1)NCCCOCCOC.I. The maximum Gasteiger partial charge on any atom is 0.216 e. The lowest BCUT2D eigenvalue weighted by Crippen LogP contribution is -2.38. The molecule has 0 aliphatic carbocycles. The van der Waals surface area contributed by atoms with Gasteiger partial charge in [-0.25, -0.2) is 9.98 Å². The van der Waals surface area contributed by atoms with Crippen molar-refractivity contribution >= 4 is 29.9 Å². The van der Waals surface area contributed by atoms with Gasteiger partial charge >= 0.3 is 0 Å². The first-order chi connectivity index (χ1) is 13.2. The van der Waals surface area contributed by atoms with E-state index in [-0.39, 0.29) is 24.0 Å². The average Bonchev–Trinajstić information content (AvgIpc) is 3.15. The second-order valence-corrected chi connectivity index (χ2v) is 6.06. The second-order valence-electron chi connectivity index (χ2n) is 6.06. The Kier molecular flexibility index (Phi) is 12.5. The van der Waals surface area contributed by atoms with Crippen LogP contribution in [0.15, 0.2) is 39.9 Å². The number of benzene rings is 1. The standard InChI is InChI=1S/C20H30N4O3.HI/c1-4-21-20(22-10-5-11-26-13-12-25-3)24-15-19-23-14-18(27-19)17-8-6-16(2)7-9-17;/h6-9,14H,4-5,10-13,15H2,1-3H3,(H2,21,22,24);1H. The van der Waals surface area contributed by atoms with Crippen LogP contribution in [0.4, 0.5) is 0 Å². The van der Waals surface area contributed by atoms with Gasteiger partial charge < -0.3 is 24.5 Å². The lowest BCUT2D eigenvalue weighted by molar-refractivity contribution is 0.0698. The number of aryl methyl sites for hydroxylation is 1. The molecule has 2 rings (SSSR count). The normalized spacial score (nSPS) is 11.2. The molecule has 1 heterocycles. The number of methoxy groups -OCH3 is 1. The van der Waals surface area contributed by atoms with E-state index in [1.54, 1.807) is 13.3 Å². The molecule has 0 spiro atoms. The lowest BCUT2D eigenvalue weighted by atomic mass is 10.1. The molecule has 0 bridgehead atoms. The Labute approximate surface area is 184 Å². The molecule has 2 N–H and O–H groups in total. The lowest BCUT2D eigenvalue weighted by Gasteiger charge is -2.10. The highest BCUT2D eigenvalue weighted by Crippen LogP contribution is 2.20. The first-order valence-corrected chi connectivity index (χ1v) is 9.33. The molecule has 0 fully saturated rings. The fourth-order valence-corrected chi connectivity index (χ4v) is 2.35. The Hall–Kier alpha value is -1.65. The summed E-state index contributed by atoms with van der Waals surface area (Å²) in [7, 11) is 1.67. The van der Waals surface area contributed by atoms with Crippen LogP contribution in [-0.4, -0.2) is 51.0 Å². The Balaban J connectivity index is 0.00000392. The van der Waals surface area contributed by atoms with Gasteiger partial charge in [-0.2, -0.15) is 0 Å². The molecule has 0 amide bonds. The monoisotopic (exact) mass is 502 g/mol. The van der Waals surface area contributed by atoms with Gasteiger partial charge in [0.1, 0.15) is 6.54 Å². The van der Waals surface area contributed by atoms with E-state index >= 15 is 0 Å². The van der Waals surface area contributed by atoms with Crippen molar-refractivity contribution < 1.29 is 13.9 Å². The van der Waals surface area contributed by atoms with E-state index in [4.69, 9.17) is 13.9 Å². The van der Waals surface area contributed by atoms with E-state index in [1.807, 2.05) is 19.1 Å². The van der Waals surface area contributed by atoms with E-state index in [9.17, 15) is 0 Å². The number of rotatable bonds is 11. The van der Waals surface area contributed by atoms with Crippen LogP contribution in [0.25, 0.3) is 11.3 Å². The highest BCUT2D eigenvalue weighted by Gasteiger charge is 2.06. The van der Waals surface area contributed by atoms with Crippen LogP contribution >= 0.6 is 24.0 Å². The Morgan fingerprint density at radius 2 is 1.93 bits per heavy atom. The topological polar surface area (TPSA) is 80.9 Å². The summed E-state index contributed by atoms with van der Waals surface area (Å²) in [6.07, 6.45) is 2.64. The van der Waals surface area contributed by atoms with Crippen LogP contribution in [0.2, 0.25) is 0 Å². The number of hydrogen-bond acceptors (Lipinski definition) is 5. The molecule has 0 atom stereocenters. The molecule has 156 valence electrons. The third-order valence-electron chi connectivity index (χ3n) is 3.80. The number of halogens is 1. The number of aromatic nitrogens is 1. The number of hydrogen-bond donors (Lipinski definition) is 2. The van der Waals surface area contributed by atoms with Gasteiger partial charge in [-0.1, -0.05) is 29.8 Å². The largest absolute Gasteiger partial charge is 0.439 e. The zero-order chi connectivity index (χ0) is 19.3. The van der Waals surface area contributed by atoms with Crippen LogP contribution in [0, 0.1) is 6.92 Å². The van der Waals surface area contributed by atoms with Crippen molar-refractivity contribution in [3.8, 4) is 11.3 Å². The van der Waals surface area contributed by atoms with Crippen molar-refractivity contribution in [2.45, 2.75) is 26.8 Å². The summed E-state index contributed by atoms with van der Waals surface area (Å²) >= 11 is 0. The zero-order valence-corrected chi connectivity index (χ0v) is 19.2. The number of aliphatic imine (C=N–C) groups is 1. The van der Waals surface area contributed by atoms with Crippen molar-refractivity contribution in [1.29, 1.82) is 0 Å². The zero-order valence-electron chi connectivity index (χ0n) is 16.9.